The standard InChI is InChI=1S/C14H12ClN3/c1-10-9-18(13-5-3-2-4-12(10)13)17-11-6-7-16-14(15)8-11/h2-9H,1H3,(H,16,17). The number of benzene rings is 1. The number of rotatable bonds is 2. The molecule has 0 bridgehead atoms. The molecule has 0 aliphatic heterocycles. The molecule has 0 amide bonds. The van der Waals surface area contributed by atoms with Gasteiger partial charge >= 0.3 is 0 Å². The van der Waals surface area contributed by atoms with Crippen molar-refractivity contribution in [2.75, 3.05) is 5.43 Å². The van der Waals surface area contributed by atoms with E-state index in [2.05, 4.69) is 35.7 Å². The molecule has 0 atom stereocenters. The number of hydrogen-bond acceptors (Lipinski definition) is 2. The Balaban J connectivity index is 2.05. The Labute approximate surface area is 110 Å². The summed E-state index contributed by atoms with van der Waals surface area (Å²) in [6, 6.07) is 11.9. The molecular weight excluding hydrogens is 246 g/mol. The summed E-state index contributed by atoms with van der Waals surface area (Å²) in [5.74, 6) is 0. The molecule has 2 heterocycles. The van der Waals surface area contributed by atoms with Gasteiger partial charge in [0.25, 0.3) is 0 Å². The second-order valence-electron chi connectivity index (χ2n) is 4.18. The lowest BCUT2D eigenvalue weighted by molar-refractivity contribution is 1.00. The molecule has 0 fully saturated rings. The molecule has 18 heavy (non-hydrogen) atoms. The summed E-state index contributed by atoms with van der Waals surface area (Å²) in [5.41, 5.74) is 6.59. The normalized spacial score (nSPS) is 10.8. The van der Waals surface area contributed by atoms with E-state index in [4.69, 9.17) is 11.6 Å². The van der Waals surface area contributed by atoms with Crippen molar-refractivity contribution in [2.24, 2.45) is 0 Å². The largest absolute Gasteiger partial charge is 0.294 e. The van der Waals surface area contributed by atoms with Crippen molar-refractivity contribution < 1.29 is 0 Å². The zero-order valence-electron chi connectivity index (χ0n) is 9.89. The quantitative estimate of drug-likeness (QED) is 0.706. The van der Waals surface area contributed by atoms with Crippen LogP contribution >= 0.6 is 11.6 Å². The summed E-state index contributed by atoms with van der Waals surface area (Å²) in [6.45, 7) is 2.10. The van der Waals surface area contributed by atoms with Gasteiger partial charge in [-0.25, -0.2) is 4.98 Å². The summed E-state index contributed by atoms with van der Waals surface area (Å²) in [5, 5.41) is 1.72. The van der Waals surface area contributed by atoms with Crippen LogP contribution in [-0.4, -0.2) is 9.66 Å². The van der Waals surface area contributed by atoms with Crippen molar-refractivity contribution in [3.05, 3.63) is 59.5 Å². The maximum Gasteiger partial charge on any atom is 0.131 e. The third kappa shape index (κ3) is 1.93. The fourth-order valence-electron chi connectivity index (χ4n) is 2.05. The Bertz CT molecular complexity index is 703. The number of aryl methyl sites for hydroxylation is 1. The predicted octanol–water partition coefficient (Wildman–Crippen LogP) is 3.87. The van der Waals surface area contributed by atoms with Crippen LogP contribution in [0.4, 0.5) is 5.69 Å². The third-order valence-corrected chi connectivity index (χ3v) is 3.09. The Morgan fingerprint density at radius 2 is 2.06 bits per heavy atom. The van der Waals surface area contributed by atoms with Crippen LogP contribution in [0.1, 0.15) is 5.56 Å². The van der Waals surface area contributed by atoms with Crippen LogP contribution in [-0.2, 0) is 0 Å². The highest BCUT2D eigenvalue weighted by Crippen LogP contribution is 2.21. The van der Waals surface area contributed by atoms with E-state index in [0.717, 1.165) is 11.2 Å². The Hall–Kier alpha value is -2.00. The molecule has 4 heteroatoms. The van der Waals surface area contributed by atoms with E-state index < -0.39 is 0 Å². The van der Waals surface area contributed by atoms with Gasteiger partial charge in [0.2, 0.25) is 0 Å². The number of hydrogen-bond donors (Lipinski definition) is 1. The monoisotopic (exact) mass is 257 g/mol. The molecule has 0 saturated heterocycles. The number of nitrogens with one attached hydrogen (secondary N) is 1. The summed E-state index contributed by atoms with van der Waals surface area (Å²) in [4.78, 5) is 3.97. The lowest BCUT2D eigenvalue weighted by atomic mass is 10.2. The van der Waals surface area contributed by atoms with E-state index in [1.807, 2.05) is 22.9 Å². The van der Waals surface area contributed by atoms with Crippen molar-refractivity contribution in [1.29, 1.82) is 0 Å². The van der Waals surface area contributed by atoms with Gasteiger partial charge in [0.05, 0.1) is 11.2 Å². The molecule has 0 aliphatic carbocycles. The highest BCUT2D eigenvalue weighted by molar-refractivity contribution is 6.29. The van der Waals surface area contributed by atoms with Gasteiger partial charge in [-0.15, -0.1) is 0 Å². The predicted molar refractivity (Wildman–Crippen MR) is 74.9 cm³/mol. The zero-order chi connectivity index (χ0) is 12.5. The number of fused-ring (bicyclic) bond motifs is 1. The van der Waals surface area contributed by atoms with Gasteiger partial charge in [-0.2, -0.15) is 0 Å². The van der Waals surface area contributed by atoms with E-state index in [0.29, 0.717) is 5.15 Å². The number of anilines is 1. The van der Waals surface area contributed by atoms with E-state index in [-0.39, 0.29) is 0 Å². The van der Waals surface area contributed by atoms with E-state index in [9.17, 15) is 0 Å². The number of halogens is 1. The van der Waals surface area contributed by atoms with Crippen LogP contribution in [0.3, 0.4) is 0 Å². The SMILES string of the molecule is Cc1cn(Nc2ccnc(Cl)c2)c2ccccc12. The van der Waals surface area contributed by atoms with Crippen LogP contribution in [0.25, 0.3) is 10.9 Å². The maximum atomic E-state index is 5.87. The Morgan fingerprint density at radius 3 is 2.89 bits per heavy atom. The second-order valence-corrected chi connectivity index (χ2v) is 4.57. The van der Waals surface area contributed by atoms with Gasteiger partial charge in [-0.1, -0.05) is 29.8 Å². The molecular formula is C14H12ClN3. The van der Waals surface area contributed by atoms with Crippen LogP contribution in [0.15, 0.2) is 48.8 Å². The highest BCUT2D eigenvalue weighted by Gasteiger charge is 2.04. The number of para-hydroxylation sites is 1. The average Bonchev–Trinajstić information content (AvgIpc) is 2.67. The molecule has 3 rings (SSSR count). The topological polar surface area (TPSA) is 29.9 Å². The highest BCUT2D eigenvalue weighted by atomic mass is 35.5. The Kier molecular flexibility index (Phi) is 2.68. The molecule has 1 N–H and O–H groups in total. The van der Waals surface area contributed by atoms with Gasteiger partial charge in [0, 0.05) is 23.8 Å². The first-order chi connectivity index (χ1) is 8.74. The van der Waals surface area contributed by atoms with Gasteiger partial charge in [-0.3, -0.25) is 10.1 Å². The number of pyridine rings is 1. The minimum atomic E-state index is 0.480. The summed E-state index contributed by atoms with van der Waals surface area (Å²) in [6.07, 6.45) is 3.75. The van der Waals surface area contributed by atoms with Crippen LogP contribution in [0.5, 0.6) is 0 Å². The van der Waals surface area contributed by atoms with E-state index in [1.54, 1.807) is 12.3 Å². The molecule has 2 aromatic heterocycles. The first kappa shape index (κ1) is 11.1. The van der Waals surface area contributed by atoms with Gasteiger partial charge < -0.3 is 0 Å². The van der Waals surface area contributed by atoms with Crippen molar-refractivity contribution in [3.8, 4) is 0 Å². The lowest BCUT2D eigenvalue weighted by Crippen LogP contribution is -2.07. The van der Waals surface area contributed by atoms with Crippen molar-refractivity contribution in [3.63, 3.8) is 0 Å². The fraction of sp³-hybridized carbons (Fsp3) is 0.0714. The Morgan fingerprint density at radius 1 is 1.22 bits per heavy atom. The van der Waals surface area contributed by atoms with Gasteiger partial charge in [-0.05, 0) is 24.6 Å². The fourth-order valence-corrected chi connectivity index (χ4v) is 2.23. The molecule has 0 spiro atoms. The van der Waals surface area contributed by atoms with E-state index >= 15 is 0 Å². The van der Waals surface area contributed by atoms with Crippen molar-refractivity contribution in [2.45, 2.75) is 6.92 Å². The average molecular weight is 258 g/mol. The van der Waals surface area contributed by atoms with Crippen molar-refractivity contribution >= 4 is 28.2 Å². The molecule has 1 aromatic carbocycles. The van der Waals surface area contributed by atoms with Crippen LogP contribution in [0.2, 0.25) is 5.15 Å². The van der Waals surface area contributed by atoms with Gasteiger partial charge in [0.15, 0.2) is 0 Å². The van der Waals surface area contributed by atoms with Crippen LogP contribution in [0, 0.1) is 6.92 Å². The molecule has 90 valence electrons. The minimum Gasteiger partial charge on any atom is -0.294 e. The smallest absolute Gasteiger partial charge is 0.131 e. The summed E-state index contributed by atoms with van der Waals surface area (Å²) < 4.78 is 2.00. The van der Waals surface area contributed by atoms with Gasteiger partial charge in [0.1, 0.15) is 5.15 Å². The molecule has 3 nitrogen and oxygen atoms in total. The number of nitrogens with zero attached hydrogens (tertiary/aromatic N) is 2. The third-order valence-electron chi connectivity index (χ3n) is 2.89. The first-order valence-corrected chi connectivity index (χ1v) is 6.07. The number of aromatic nitrogens is 2. The molecule has 0 aliphatic rings. The second kappa shape index (κ2) is 4.35. The molecule has 0 radical (unpaired) electrons. The lowest BCUT2D eigenvalue weighted by Gasteiger charge is -2.09. The van der Waals surface area contributed by atoms with Crippen molar-refractivity contribution in [1.82, 2.24) is 9.66 Å². The van der Waals surface area contributed by atoms with E-state index in [1.165, 1.54) is 10.9 Å². The summed E-state index contributed by atoms with van der Waals surface area (Å²) in [7, 11) is 0. The zero-order valence-corrected chi connectivity index (χ0v) is 10.6. The molecule has 0 saturated carbocycles. The molecule has 3 aromatic rings. The first-order valence-electron chi connectivity index (χ1n) is 5.69. The summed E-state index contributed by atoms with van der Waals surface area (Å²) >= 11 is 5.87. The maximum absolute atomic E-state index is 5.87. The van der Waals surface area contributed by atoms with Crippen LogP contribution < -0.4 is 5.43 Å². The molecule has 0 unspecified atom stereocenters. The minimum absolute atomic E-state index is 0.480.